The number of hydrogen-bond acceptors (Lipinski definition) is 2. The molecule has 0 radical (unpaired) electrons. The molecule has 0 N–H and O–H groups in total. The van der Waals surface area contributed by atoms with Crippen LogP contribution in [0, 0.1) is 6.92 Å². The molecule has 1 heterocycles. The van der Waals surface area contributed by atoms with Crippen LogP contribution in [0.15, 0.2) is 66.7 Å². The lowest BCUT2D eigenvalue weighted by atomic mass is 10.0. The van der Waals surface area contributed by atoms with E-state index in [-0.39, 0.29) is 0 Å². The zero-order valence-corrected chi connectivity index (χ0v) is 14.1. The summed E-state index contributed by atoms with van der Waals surface area (Å²) >= 11 is 1.87. The molecule has 3 rings (SSSR count). The number of nitrogens with zero attached hydrogens (tertiary/aromatic N) is 1. The smallest absolute Gasteiger partial charge is 0.100 e. The fraction of sp³-hybridized carbons (Fsp3) is 0.200. The van der Waals surface area contributed by atoms with Gasteiger partial charge in [-0.25, -0.2) is 0 Å². The van der Waals surface area contributed by atoms with Crippen molar-refractivity contribution in [1.82, 2.24) is 0 Å². The lowest BCUT2D eigenvalue weighted by Crippen LogP contribution is -2.07. The highest BCUT2D eigenvalue weighted by molar-refractivity contribution is 7.16. The summed E-state index contributed by atoms with van der Waals surface area (Å²) in [5.41, 5.74) is 3.84. The molecule has 3 aromatic rings. The van der Waals surface area contributed by atoms with Crippen LogP contribution in [0.3, 0.4) is 0 Å². The summed E-state index contributed by atoms with van der Waals surface area (Å²) in [6.07, 6.45) is 0. The molecule has 0 fully saturated rings. The molecule has 0 saturated heterocycles. The van der Waals surface area contributed by atoms with Crippen molar-refractivity contribution >= 4 is 27.7 Å². The van der Waals surface area contributed by atoms with Crippen molar-refractivity contribution in [2.45, 2.75) is 26.7 Å². The third kappa shape index (κ3) is 2.93. The van der Waals surface area contributed by atoms with Crippen LogP contribution < -0.4 is 4.90 Å². The zero-order valence-electron chi connectivity index (χ0n) is 13.3. The lowest BCUT2D eigenvalue weighted by molar-refractivity contribution is 0.864. The molecule has 0 aliphatic carbocycles. The predicted octanol–water partition coefficient (Wildman–Crippen LogP) is 6.65. The number of hydrogen-bond donors (Lipinski definition) is 0. The van der Waals surface area contributed by atoms with E-state index in [1.807, 2.05) is 11.3 Å². The van der Waals surface area contributed by atoms with Gasteiger partial charge in [0.15, 0.2) is 0 Å². The maximum absolute atomic E-state index is 2.34. The van der Waals surface area contributed by atoms with Gasteiger partial charge >= 0.3 is 0 Å². The molecule has 0 bridgehead atoms. The lowest BCUT2D eigenvalue weighted by Gasteiger charge is -2.23. The van der Waals surface area contributed by atoms with Crippen LogP contribution in [0.2, 0.25) is 0 Å². The van der Waals surface area contributed by atoms with Gasteiger partial charge in [0.1, 0.15) is 5.00 Å². The molecule has 0 aliphatic heterocycles. The Kier molecular flexibility index (Phi) is 4.30. The summed E-state index contributed by atoms with van der Waals surface area (Å²) in [6.45, 7) is 6.74. The minimum Gasteiger partial charge on any atom is -0.302 e. The van der Waals surface area contributed by atoms with E-state index in [0.29, 0.717) is 5.92 Å². The SMILES string of the molecule is Cc1sc(N(c2ccccc2)c2ccccc2)cc1C(C)C. The largest absolute Gasteiger partial charge is 0.302 e. The zero-order chi connectivity index (χ0) is 15.5. The Balaban J connectivity index is 2.12. The third-order valence-electron chi connectivity index (χ3n) is 3.81. The van der Waals surface area contributed by atoms with Crippen LogP contribution in [0.5, 0.6) is 0 Å². The van der Waals surface area contributed by atoms with E-state index in [1.165, 1.54) is 26.8 Å². The monoisotopic (exact) mass is 307 g/mol. The summed E-state index contributed by atoms with van der Waals surface area (Å²) in [7, 11) is 0. The second-order valence-corrected chi connectivity index (χ2v) is 6.99. The molecule has 2 aromatic carbocycles. The van der Waals surface area contributed by atoms with Crippen LogP contribution in [0.1, 0.15) is 30.2 Å². The first-order chi connectivity index (χ1) is 10.7. The maximum atomic E-state index is 2.34. The third-order valence-corrected chi connectivity index (χ3v) is 4.87. The molecule has 0 unspecified atom stereocenters. The first-order valence-corrected chi connectivity index (χ1v) is 8.49. The van der Waals surface area contributed by atoms with Crippen molar-refractivity contribution in [2.75, 3.05) is 4.90 Å². The Hall–Kier alpha value is -2.06. The van der Waals surface area contributed by atoms with E-state index in [2.05, 4.69) is 92.4 Å². The number of thiophene rings is 1. The molecule has 112 valence electrons. The molecule has 0 amide bonds. The molecule has 0 atom stereocenters. The predicted molar refractivity (Wildman–Crippen MR) is 97.8 cm³/mol. The van der Waals surface area contributed by atoms with Gasteiger partial charge in [-0.3, -0.25) is 0 Å². The molecular weight excluding hydrogens is 286 g/mol. The summed E-state index contributed by atoms with van der Waals surface area (Å²) in [5, 5.41) is 1.28. The Morgan fingerprint density at radius 1 is 0.818 bits per heavy atom. The Morgan fingerprint density at radius 3 is 1.73 bits per heavy atom. The van der Waals surface area contributed by atoms with Gasteiger partial charge in [-0.15, -0.1) is 11.3 Å². The second kappa shape index (κ2) is 6.37. The van der Waals surface area contributed by atoms with Crippen molar-refractivity contribution in [3.8, 4) is 0 Å². The molecule has 0 spiro atoms. The van der Waals surface area contributed by atoms with Gasteiger partial charge in [0.25, 0.3) is 0 Å². The van der Waals surface area contributed by atoms with E-state index in [9.17, 15) is 0 Å². The normalized spacial score (nSPS) is 10.9. The number of anilines is 3. The van der Waals surface area contributed by atoms with Crippen molar-refractivity contribution in [1.29, 1.82) is 0 Å². The van der Waals surface area contributed by atoms with Gasteiger partial charge in [-0.1, -0.05) is 50.2 Å². The molecular formula is C20H21NS. The van der Waals surface area contributed by atoms with Crippen LogP contribution in [0.4, 0.5) is 16.4 Å². The van der Waals surface area contributed by atoms with Gasteiger partial charge in [-0.2, -0.15) is 0 Å². The molecule has 1 aromatic heterocycles. The summed E-state index contributed by atoms with van der Waals surface area (Å²) < 4.78 is 0. The minimum atomic E-state index is 0.554. The number of rotatable bonds is 4. The fourth-order valence-electron chi connectivity index (χ4n) is 2.72. The Morgan fingerprint density at radius 2 is 1.32 bits per heavy atom. The maximum Gasteiger partial charge on any atom is 0.100 e. The van der Waals surface area contributed by atoms with Gasteiger partial charge in [0.05, 0.1) is 0 Å². The molecule has 1 nitrogen and oxygen atoms in total. The van der Waals surface area contributed by atoms with E-state index in [0.717, 1.165) is 0 Å². The summed E-state index contributed by atoms with van der Waals surface area (Å²) in [6, 6.07) is 23.5. The molecule has 0 aliphatic rings. The topological polar surface area (TPSA) is 3.24 Å². The van der Waals surface area contributed by atoms with Crippen LogP contribution >= 0.6 is 11.3 Å². The van der Waals surface area contributed by atoms with E-state index >= 15 is 0 Å². The van der Waals surface area contributed by atoms with Crippen molar-refractivity contribution in [2.24, 2.45) is 0 Å². The number of benzene rings is 2. The number of aryl methyl sites for hydroxylation is 1. The average molecular weight is 307 g/mol. The number of para-hydroxylation sites is 2. The Labute approximate surface area is 136 Å². The van der Waals surface area contributed by atoms with E-state index < -0.39 is 0 Å². The Bertz CT molecular complexity index is 689. The van der Waals surface area contributed by atoms with E-state index in [1.54, 1.807) is 0 Å². The van der Waals surface area contributed by atoms with Crippen LogP contribution in [0.25, 0.3) is 0 Å². The molecule has 0 saturated carbocycles. The van der Waals surface area contributed by atoms with E-state index in [4.69, 9.17) is 0 Å². The van der Waals surface area contributed by atoms with Crippen molar-refractivity contribution in [3.05, 3.63) is 77.2 Å². The highest BCUT2D eigenvalue weighted by atomic mass is 32.1. The summed E-state index contributed by atoms with van der Waals surface area (Å²) in [5.74, 6) is 0.554. The average Bonchev–Trinajstić information content (AvgIpc) is 2.91. The fourth-order valence-corrected chi connectivity index (χ4v) is 3.94. The standard InChI is InChI=1S/C20H21NS/c1-15(2)19-14-20(22-16(19)3)21(17-10-6-4-7-11-17)18-12-8-5-9-13-18/h4-15H,1-3H3. The molecule has 2 heteroatoms. The quantitative estimate of drug-likeness (QED) is 0.521. The van der Waals surface area contributed by atoms with Crippen LogP contribution in [-0.2, 0) is 0 Å². The van der Waals surface area contributed by atoms with Crippen molar-refractivity contribution in [3.63, 3.8) is 0 Å². The van der Waals surface area contributed by atoms with Crippen LogP contribution in [-0.4, -0.2) is 0 Å². The summed E-state index contributed by atoms with van der Waals surface area (Å²) in [4.78, 5) is 3.74. The van der Waals surface area contributed by atoms with Gasteiger partial charge in [0.2, 0.25) is 0 Å². The van der Waals surface area contributed by atoms with Gasteiger partial charge < -0.3 is 4.90 Å². The first-order valence-electron chi connectivity index (χ1n) is 7.67. The minimum absolute atomic E-state index is 0.554. The molecule has 22 heavy (non-hydrogen) atoms. The van der Waals surface area contributed by atoms with Crippen molar-refractivity contribution < 1.29 is 0 Å². The van der Waals surface area contributed by atoms with Gasteiger partial charge in [-0.05, 0) is 48.7 Å². The highest BCUT2D eigenvalue weighted by Gasteiger charge is 2.17. The second-order valence-electron chi connectivity index (χ2n) is 5.76. The first kappa shape index (κ1) is 14.9. The highest BCUT2D eigenvalue weighted by Crippen LogP contribution is 2.41. The van der Waals surface area contributed by atoms with Gasteiger partial charge in [0, 0.05) is 16.3 Å².